The van der Waals surface area contributed by atoms with Gasteiger partial charge in [0.1, 0.15) is 5.82 Å². The summed E-state index contributed by atoms with van der Waals surface area (Å²) in [6.07, 6.45) is 4.48. The van der Waals surface area contributed by atoms with Crippen molar-refractivity contribution in [2.75, 3.05) is 32.1 Å². The zero-order valence-corrected chi connectivity index (χ0v) is 13.7. The summed E-state index contributed by atoms with van der Waals surface area (Å²) in [4.78, 5) is 13.8. The van der Waals surface area contributed by atoms with E-state index in [0.29, 0.717) is 17.8 Å². The molecule has 0 spiro atoms. The minimum Gasteiger partial charge on any atom is -0.370 e. The number of likely N-dealkylation sites (tertiary alicyclic amines) is 1. The minimum atomic E-state index is 0.331. The molecule has 1 unspecified atom stereocenters. The highest BCUT2D eigenvalue weighted by Crippen LogP contribution is 2.23. The maximum Gasteiger partial charge on any atom is 0.131 e. The molecule has 4 nitrogen and oxygen atoms in total. The Hall–Kier alpha value is -0.870. The zero-order chi connectivity index (χ0) is 14.7. The average molecular weight is 297 g/mol. The van der Waals surface area contributed by atoms with Gasteiger partial charge in [0, 0.05) is 25.6 Å². The Morgan fingerprint density at radius 3 is 2.80 bits per heavy atom. The molecule has 5 heteroatoms. The highest BCUT2D eigenvalue weighted by molar-refractivity contribution is 6.17. The third-order valence-electron chi connectivity index (χ3n) is 4.07. The minimum absolute atomic E-state index is 0.331. The molecular formula is C15H25ClN4. The molecule has 1 saturated heterocycles. The number of anilines is 1. The molecule has 2 rings (SSSR count). The first-order valence-electron chi connectivity index (χ1n) is 7.36. The Morgan fingerprint density at radius 2 is 2.25 bits per heavy atom. The Bertz CT molecular complexity index is 449. The summed E-state index contributed by atoms with van der Waals surface area (Å²) in [6, 6.07) is 0.618. The van der Waals surface area contributed by atoms with E-state index in [2.05, 4.69) is 47.7 Å². The van der Waals surface area contributed by atoms with Crippen LogP contribution in [-0.2, 0) is 5.88 Å². The summed E-state index contributed by atoms with van der Waals surface area (Å²) < 4.78 is 0. The molecule has 2 heterocycles. The first kappa shape index (κ1) is 15.5. The van der Waals surface area contributed by atoms with Gasteiger partial charge >= 0.3 is 0 Å². The van der Waals surface area contributed by atoms with Crippen molar-refractivity contribution in [2.45, 2.75) is 44.5 Å². The normalized spacial score (nSPS) is 19.8. The van der Waals surface area contributed by atoms with Crippen LogP contribution in [0.2, 0.25) is 0 Å². The summed E-state index contributed by atoms with van der Waals surface area (Å²) in [5.41, 5.74) is 2.00. The first-order valence-corrected chi connectivity index (χ1v) is 7.89. The van der Waals surface area contributed by atoms with Crippen LogP contribution in [0.25, 0.3) is 0 Å². The van der Waals surface area contributed by atoms with Crippen molar-refractivity contribution in [1.29, 1.82) is 0 Å². The number of halogens is 1. The van der Waals surface area contributed by atoms with Gasteiger partial charge in [0.2, 0.25) is 0 Å². The molecule has 0 bridgehead atoms. The highest BCUT2D eigenvalue weighted by atomic mass is 35.5. The fraction of sp³-hybridized carbons (Fsp3) is 0.733. The summed E-state index contributed by atoms with van der Waals surface area (Å²) >= 11 is 6.07. The van der Waals surface area contributed by atoms with Crippen molar-refractivity contribution in [3.05, 3.63) is 17.7 Å². The molecule has 20 heavy (non-hydrogen) atoms. The fourth-order valence-corrected chi connectivity index (χ4v) is 2.94. The van der Waals surface area contributed by atoms with E-state index in [1.54, 1.807) is 0 Å². The number of alkyl halides is 1. The summed E-state index contributed by atoms with van der Waals surface area (Å²) in [5.74, 6) is 1.63. The van der Waals surface area contributed by atoms with Crippen LogP contribution < -0.4 is 4.90 Å². The molecule has 1 atom stereocenters. The zero-order valence-electron chi connectivity index (χ0n) is 12.9. The third-order valence-corrected chi connectivity index (χ3v) is 4.33. The van der Waals surface area contributed by atoms with E-state index in [0.717, 1.165) is 23.8 Å². The summed E-state index contributed by atoms with van der Waals surface area (Å²) in [5, 5.41) is 0. The molecule has 0 amide bonds. The second-order valence-corrected chi connectivity index (χ2v) is 6.27. The van der Waals surface area contributed by atoms with Gasteiger partial charge in [0.15, 0.2) is 0 Å². The Balaban J connectivity index is 2.14. The molecule has 0 radical (unpaired) electrons. The Morgan fingerprint density at radius 1 is 1.50 bits per heavy atom. The third kappa shape index (κ3) is 3.41. The summed E-state index contributed by atoms with van der Waals surface area (Å²) in [6.45, 7) is 6.41. The van der Waals surface area contributed by atoms with Crippen molar-refractivity contribution in [3.8, 4) is 0 Å². The van der Waals surface area contributed by atoms with E-state index >= 15 is 0 Å². The van der Waals surface area contributed by atoms with E-state index in [-0.39, 0.29) is 0 Å². The highest BCUT2D eigenvalue weighted by Gasteiger charge is 2.23. The van der Waals surface area contributed by atoms with E-state index in [9.17, 15) is 0 Å². The molecule has 1 aliphatic rings. The Kier molecular flexibility index (Phi) is 5.22. The van der Waals surface area contributed by atoms with Crippen LogP contribution in [0.15, 0.2) is 6.20 Å². The molecule has 0 aromatic carbocycles. The van der Waals surface area contributed by atoms with Gasteiger partial charge in [-0.2, -0.15) is 0 Å². The SMILES string of the molecule is CC(C)c1ncc(N(C)CC2CCCN2C)c(CCl)n1. The standard InChI is InChI=1S/C15H25ClN4/c1-11(2)15-17-9-14(13(8-16)18-15)20(4)10-12-6-5-7-19(12)3/h9,11-12H,5-8,10H2,1-4H3. The number of aromatic nitrogens is 2. The maximum absolute atomic E-state index is 6.07. The lowest BCUT2D eigenvalue weighted by atomic mass is 10.2. The van der Waals surface area contributed by atoms with Crippen LogP contribution in [0, 0.1) is 0 Å². The van der Waals surface area contributed by atoms with Gasteiger partial charge in [-0.3, -0.25) is 0 Å². The smallest absolute Gasteiger partial charge is 0.131 e. The quantitative estimate of drug-likeness (QED) is 0.782. The van der Waals surface area contributed by atoms with Crippen LogP contribution in [0.4, 0.5) is 5.69 Å². The predicted octanol–water partition coefficient (Wildman–Crippen LogP) is 2.87. The van der Waals surface area contributed by atoms with Crippen molar-refractivity contribution in [1.82, 2.24) is 14.9 Å². The van der Waals surface area contributed by atoms with Crippen molar-refractivity contribution >= 4 is 17.3 Å². The molecule has 1 aliphatic heterocycles. The van der Waals surface area contributed by atoms with Crippen LogP contribution in [0.5, 0.6) is 0 Å². The molecule has 0 aliphatic carbocycles. The largest absolute Gasteiger partial charge is 0.370 e. The van der Waals surface area contributed by atoms with Crippen LogP contribution in [0.1, 0.15) is 44.1 Å². The number of hydrogen-bond acceptors (Lipinski definition) is 4. The van der Waals surface area contributed by atoms with E-state index in [4.69, 9.17) is 11.6 Å². The lowest BCUT2D eigenvalue weighted by molar-refractivity contribution is 0.314. The second-order valence-electron chi connectivity index (χ2n) is 6.01. The van der Waals surface area contributed by atoms with E-state index in [1.807, 2.05) is 6.20 Å². The number of likely N-dealkylation sites (N-methyl/N-ethyl adjacent to an activating group) is 2. The van der Waals surface area contributed by atoms with Crippen LogP contribution in [-0.4, -0.2) is 48.1 Å². The van der Waals surface area contributed by atoms with Crippen molar-refractivity contribution in [2.24, 2.45) is 0 Å². The molecule has 0 saturated carbocycles. The molecule has 1 fully saturated rings. The average Bonchev–Trinajstić information content (AvgIpc) is 2.83. The van der Waals surface area contributed by atoms with Gasteiger partial charge in [-0.15, -0.1) is 11.6 Å². The van der Waals surface area contributed by atoms with Gasteiger partial charge in [-0.1, -0.05) is 13.8 Å². The maximum atomic E-state index is 6.07. The number of rotatable bonds is 5. The van der Waals surface area contributed by atoms with Crippen molar-refractivity contribution in [3.63, 3.8) is 0 Å². The second kappa shape index (κ2) is 6.72. The van der Waals surface area contributed by atoms with Crippen LogP contribution in [0.3, 0.4) is 0 Å². The molecule has 0 N–H and O–H groups in total. The van der Waals surface area contributed by atoms with Gasteiger partial charge in [0.25, 0.3) is 0 Å². The molecular weight excluding hydrogens is 272 g/mol. The molecule has 1 aromatic rings. The monoisotopic (exact) mass is 296 g/mol. The van der Waals surface area contributed by atoms with E-state index < -0.39 is 0 Å². The first-order chi connectivity index (χ1) is 9.52. The molecule has 112 valence electrons. The van der Waals surface area contributed by atoms with Gasteiger partial charge in [-0.05, 0) is 26.4 Å². The predicted molar refractivity (Wildman–Crippen MR) is 84.6 cm³/mol. The lowest BCUT2D eigenvalue weighted by Gasteiger charge is -2.28. The topological polar surface area (TPSA) is 32.3 Å². The van der Waals surface area contributed by atoms with E-state index in [1.165, 1.54) is 19.4 Å². The van der Waals surface area contributed by atoms with Crippen LogP contribution >= 0.6 is 11.6 Å². The van der Waals surface area contributed by atoms with Crippen molar-refractivity contribution < 1.29 is 0 Å². The van der Waals surface area contributed by atoms with Gasteiger partial charge in [-0.25, -0.2) is 9.97 Å². The number of hydrogen-bond donors (Lipinski definition) is 0. The fourth-order valence-electron chi connectivity index (χ4n) is 2.75. The lowest BCUT2D eigenvalue weighted by Crippen LogP contribution is -2.37. The molecule has 1 aromatic heterocycles. The number of nitrogens with zero attached hydrogens (tertiary/aromatic N) is 4. The summed E-state index contributed by atoms with van der Waals surface area (Å²) in [7, 11) is 4.31. The van der Waals surface area contributed by atoms with Gasteiger partial charge < -0.3 is 9.80 Å². The van der Waals surface area contributed by atoms with Gasteiger partial charge in [0.05, 0.1) is 23.5 Å². The Labute approximate surface area is 127 Å².